The van der Waals surface area contributed by atoms with E-state index in [1.807, 2.05) is 0 Å². The molecular formula is C6H9NO3. The van der Waals surface area contributed by atoms with Crippen LogP contribution in [0.25, 0.3) is 0 Å². The van der Waals surface area contributed by atoms with E-state index in [0.717, 1.165) is 0 Å². The number of nitroso groups, excluding NO2 is 1. The van der Waals surface area contributed by atoms with E-state index in [4.69, 9.17) is 5.11 Å². The molecule has 0 spiro atoms. The summed E-state index contributed by atoms with van der Waals surface area (Å²) in [6.45, 7) is -0.0694. The number of aliphatic hydroxyl groups is 1. The molecule has 0 saturated heterocycles. The van der Waals surface area contributed by atoms with Crippen molar-refractivity contribution in [2.45, 2.75) is 18.9 Å². The van der Waals surface area contributed by atoms with Crippen LogP contribution in [-0.4, -0.2) is 23.5 Å². The van der Waals surface area contributed by atoms with Crippen LogP contribution in [-0.2, 0) is 4.79 Å². The molecule has 1 rings (SSSR count). The fraction of sp³-hybridized carbons (Fsp3) is 0.833. The number of rotatable bonds is 2. The number of hydrogen-bond donors (Lipinski definition) is 1. The smallest absolute Gasteiger partial charge is 0.140 e. The summed E-state index contributed by atoms with van der Waals surface area (Å²) in [5.74, 6) is -0.551. The van der Waals surface area contributed by atoms with Crippen LogP contribution in [0.4, 0.5) is 0 Å². The predicted molar refractivity (Wildman–Crippen MR) is 34.4 cm³/mol. The highest BCUT2D eigenvalue weighted by molar-refractivity contribution is 5.84. The minimum atomic E-state index is -0.634. The van der Waals surface area contributed by atoms with E-state index in [-0.39, 0.29) is 12.3 Å². The van der Waals surface area contributed by atoms with Crippen LogP contribution in [0.3, 0.4) is 0 Å². The predicted octanol–water partition coefficient (Wildman–Crippen LogP) is 0.0928. The Morgan fingerprint density at radius 3 is 2.80 bits per heavy atom. The Bertz CT molecular complexity index is 157. The maximum Gasteiger partial charge on any atom is 0.140 e. The van der Waals surface area contributed by atoms with E-state index in [9.17, 15) is 9.70 Å². The minimum absolute atomic E-state index is 0.0351. The summed E-state index contributed by atoms with van der Waals surface area (Å²) in [5.41, 5.74) is 0. The van der Waals surface area contributed by atoms with Crippen LogP contribution < -0.4 is 0 Å². The van der Waals surface area contributed by atoms with Crippen LogP contribution in [0.2, 0.25) is 0 Å². The number of hydrogen-bond acceptors (Lipinski definition) is 4. The third-order valence-corrected chi connectivity index (χ3v) is 1.84. The Kier molecular flexibility index (Phi) is 2.11. The Hall–Kier alpha value is -0.770. The summed E-state index contributed by atoms with van der Waals surface area (Å²) in [7, 11) is 0. The molecule has 0 bridgehead atoms. The molecule has 56 valence electrons. The highest BCUT2D eigenvalue weighted by atomic mass is 16.3. The van der Waals surface area contributed by atoms with E-state index < -0.39 is 12.0 Å². The Balaban J connectivity index is 2.53. The summed E-state index contributed by atoms with van der Waals surface area (Å²) in [4.78, 5) is 20.6. The fourth-order valence-electron chi connectivity index (χ4n) is 1.20. The first-order valence-electron chi connectivity index (χ1n) is 3.25. The first-order valence-corrected chi connectivity index (χ1v) is 3.25. The SMILES string of the molecule is O=NCC1C(=O)CCC1O. The van der Waals surface area contributed by atoms with Gasteiger partial charge in [0, 0.05) is 6.42 Å². The van der Waals surface area contributed by atoms with Gasteiger partial charge in [0.25, 0.3) is 0 Å². The van der Waals surface area contributed by atoms with Gasteiger partial charge in [-0.25, -0.2) is 0 Å². The van der Waals surface area contributed by atoms with Gasteiger partial charge in [0.05, 0.1) is 18.6 Å². The van der Waals surface area contributed by atoms with Gasteiger partial charge in [-0.05, 0) is 6.42 Å². The number of aliphatic hydroxyl groups excluding tert-OH is 1. The maximum absolute atomic E-state index is 10.8. The maximum atomic E-state index is 10.8. The van der Waals surface area contributed by atoms with Gasteiger partial charge in [-0.2, -0.15) is 4.91 Å². The van der Waals surface area contributed by atoms with E-state index in [0.29, 0.717) is 12.8 Å². The zero-order valence-electron chi connectivity index (χ0n) is 5.49. The molecule has 0 radical (unpaired) electrons. The molecule has 2 unspecified atom stereocenters. The Labute approximate surface area is 58.2 Å². The van der Waals surface area contributed by atoms with Crippen LogP contribution in [0.1, 0.15) is 12.8 Å². The fourth-order valence-corrected chi connectivity index (χ4v) is 1.20. The average molecular weight is 143 g/mol. The van der Waals surface area contributed by atoms with Crippen LogP contribution in [0.5, 0.6) is 0 Å². The summed E-state index contributed by atoms with van der Waals surface area (Å²) in [6.07, 6.45) is 0.241. The first-order chi connectivity index (χ1) is 4.75. The molecule has 0 aromatic rings. The summed E-state index contributed by atoms with van der Waals surface area (Å²) in [6, 6.07) is 0. The van der Waals surface area contributed by atoms with E-state index in [1.54, 1.807) is 0 Å². The summed E-state index contributed by atoms with van der Waals surface area (Å²) in [5, 5.41) is 11.7. The summed E-state index contributed by atoms with van der Waals surface area (Å²) >= 11 is 0. The monoisotopic (exact) mass is 143 g/mol. The first kappa shape index (κ1) is 7.34. The molecule has 1 saturated carbocycles. The second-order valence-corrected chi connectivity index (χ2v) is 2.49. The molecule has 4 nitrogen and oxygen atoms in total. The van der Waals surface area contributed by atoms with Crippen molar-refractivity contribution < 1.29 is 9.90 Å². The average Bonchev–Trinajstić information content (AvgIpc) is 2.20. The van der Waals surface area contributed by atoms with Crippen molar-refractivity contribution in [3.63, 3.8) is 0 Å². The van der Waals surface area contributed by atoms with Crippen molar-refractivity contribution in [3.8, 4) is 0 Å². The molecule has 10 heavy (non-hydrogen) atoms. The molecule has 1 aliphatic rings. The normalized spacial score (nSPS) is 32.7. The summed E-state index contributed by atoms with van der Waals surface area (Å²) < 4.78 is 0. The third-order valence-electron chi connectivity index (χ3n) is 1.84. The van der Waals surface area contributed by atoms with Gasteiger partial charge >= 0.3 is 0 Å². The second-order valence-electron chi connectivity index (χ2n) is 2.49. The third kappa shape index (κ3) is 1.21. The molecule has 1 aliphatic carbocycles. The van der Waals surface area contributed by atoms with Crippen molar-refractivity contribution in [3.05, 3.63) is 4.91 Å². The van der Waals surface area contributed by atoms with Gasteiger partial charge in [0.1, 0.15) is 5.78 Å². The largest absolute Gasteiger partial charge is 0.392 e. The van der Waals surface area contributed by atoms with Crippen LogP contribution in [0, 0.1) is 10.8 Å². The Morgan fingerprint density at radius 1 is 1.70 bits per heavy atom. The quantitative estimate of drug-likeness (QED) is 0.557. The van der Waals surface area contributed by atoms with Crippen molar-refractivity contribution >= 4 is 5.78 Å². The van der Waals surface area contributed by atoms with Gasteiger partial charge in [0.2, 0.25) is 0 Å². The van der Waals surface area contributed by atoms with Gasteiger partial charge < -0.3 is 5.11 Å². The van der Waals surface area contributed by atoms with Crippen molar-refractivity contribution in [2.75, 3.05) is 6.54 Å². The molecule has 1 N–H and O–H groups in total. The number of nitrogens with zero attached hydrogens (tertiary/aromatic N) is 1. The molecule has 0 aromatic heterocycles. The number of carbonyl (C=O) groups is 1. The molecule has 0 aromatic carbocycles. The van der Waals surface area contributed by atoms with E-state index in [1.165, 1.54) is 0 Å². The molecule has 0 aliphatic heterocycles. The van der Waals surface area contributed by atoms with Crippen LogP contribution in [0.15, 0.2) is 5.18 Å². The number of Topliss-reactive ketones (excluding diaryl/α,β-unsaturated/α-hetero) is 1. The lowest BCUT2D eigenvalue weighted by atomic mass is 10.1. The molecule has 0 heterocycles. The van der Waals surface area contributed by atoms with Gasteiger partial charge in [-0.3, -0.25) is 4.79 Å². The van der Waals surface area contributed by atoms with Gasteiger partial charge in [-0.1, -0.05) is 5.18 Å². The highest BCUT2D eigenvalue weighted by Gasteiger charge is 2.33. The van der Waals surface area contributed by atoms with Crippen molar-refractivity contribution in [1.29, 1.82) is 0 Å². The van der Waals surface area contributed by atoms with Gasteiger partial charge in [-0.15, -0.1) is 0 Å². The molecule has 4 heteroatoms. The van der Waals surface area contributed by atoms with Gasteiger partial charge in [0.15, 0.2) is 0 Å². The van der Waals surface area contributed by atoms with E-state index in [2.05, 4.69) is 5.18 Å². The van der Waals surface area contributed by atoms with E-state index >= 15 is 0 Å². The zero-order chi connectivity index (χ0) is 7.56. The lowest BCUT2D eigenvalue weighted by Crippen LogP contribution is -2.21. The molecule has 2 atom stereocenters. The Morgan fingerprint density at radius 2 is 2.40 bits per heavy atom. The van der Waals surface area contributed by atoms with Crippen LogP contribution >= 0.6 is 0 Å². The number of ketones is 1. The molecule has 0 amide bonds. The minimum Gasteiger partial charge on any atom is -0.392 e. The highest BCUT2D eigenvalue weighted by Crippen LogP contribution is 2.21. The zero-order valence-corrected chi connectivity index (χ0v) is 5.49. The number of carbonyl (C=O) groups excluding carboxylic acids is 1. The van der Waals surface area contributed by atoms with Crippen molar-refractivity contribution in [1.82, 2.24) is 0 Å². The molecular weight excluding hydrogens is 134 g/mol. The molecule has 1 fully saturated rings. The second kappa shape index (κ2) is 2.88. The standard InChI is InChI=1S/C6H9NO3/c8-5-1-2-6(9)4(5)3-7-10/h4-5,8H,1-3H2. The van der Waals surface area contributed by atoms with Crippen molar-refractivity contribution in [2.24, 2.45) is 11.1 Å². The topological polar surface area (TPSA) is 66.7 Å². The lowest BCUT2D eigenvalue weighted by molar-refractivity contribution is -0.121. The lowest BCUT2D eigenvalue weighted by Gasteiger charge is -2.06.